The monoisotopic (exact) mass is 523 g/mol. The van der Waals surface area contributed by atoms with E-state index in [9.17, 15) is 8.42 Å². The summed E-state index contributed by atoms with van der Waals surface area (Å²) in [5, 5.41) is 6.38. The smallest absolute Gasteiger partial charge is 0.242 e. The van der Waals surface area contributed by atoms with Crippen LogP contribution in [-0.4, -0.2) is 56.8 Å². The number of hydrogen-bond acceptors (Lipinski definition) is 5. The molecule has 1 aromatic carbocycles. The predicted molar refractivity (Wildman–Crippen MR) is 121 cm³/mol. The van der Waals surface area contributed by atoms with E-state index in [1.807, 2.05) is 24.3 Å². The van der Waals surface area contributed by atoms with Gasteiger partial charge in [0.2, 0.25) is 10.0 Å². The van der Waals surface area contributed by atoms with Crippen LogP contribution in [0.15, 0.2) is 39.5 Å². The van der Waals surface area contributed by atoms with Gasteiger partial charge in [0.15, 0.2) is 5.96 Å². The number of nitrogens with one attached hydrogen (secondary N) is 1. The minimum absolute atomic E-state index is 0. The van der Waals surface area contributed by atoms with Crippen molar-refractivity contribution < 1.29 is 8.42 Å². The van der Waals surface area contributed by atoms with Gasteiger partial charge in [-0.1, -0.05) is 12.1 Å². The molecule has 27 heavy (non-hydrogen) atoms. The Labute approximate surface area is 182 Å². The molecule has 1 heterocycles. The van der Waals surface area contributed by atoms with Crippen molar-refractivity contribution in [1.29, 1.82) is 0 Å². The number of aryl methyl sites for hydroxylation is 1. The molecule has 0 saturated carbocycles. The third kappa shape index (κ3) is 6.40. The first-order valence-corrected chi connectivity index (χ1v) is 10.4. The van der Waals surface area contributed by atoms with E-state index in [0.29, 0.717) is 13.1 Å². The SMILES string of the molecule is CN=C(NCc1ccc(S(=O)(=O)N(C)C)cc1)N(C)Cc1csc(C)n1.I. The molecule has 1 N–H and O–H groups in total. The minimum Gasteiger partial charge on any atom is -0.352 e. The largest absolute Gasteiger partial charge is 0.352 e. The van der Waals surface area contributed by atoms with E-state index in [2.05, 4.69) is 15.3 Å². The van der Waals surface area contributed by atoms with Crippen LogP contribution in [0.25, 0.3) is 0 Å². The van der Waals surface area contributed by atoms with Gasteiger partial charge in [-0.2, -0.15) is 0 Å². The summed E-state index contributed by atoms with van der Waals surface area (Å²) < 4.78 is 25.4. The Morgan fingerprint density at radius 2 is 1.85 bits per heavy atom. The Hall–Kier alpha value is -1.24. The fourth-order valence-corrected chi connectivity index (χ4v) is 3.86. The number of rotatable bonds is 6. The molecule has 0 amide bonds. The number of aromatic nitrogens is 1. The van der Waals surface area contributed by atoms with Crippen LogP contribution in [0.2, 0.25) is 0 Å². The first-order valence-electron chi connectivity index (χ1n) is 8.08. The van der Waals surface area contributed by atoms with Crippen molar-refractivity contribution in [2.24, 2.45) is 4.99 Å². The van der Waals surface area contributed by atoms with Gasteiger partial charge in [0.05, 0.1) is 22.1 Å². The Morgan fingerprint density at radius 1 is 1.22 bits per heavy atom. The quantitative estimate of drug-likeness (QED) is 0.358. The number of nitrogens with zero attached hydrogens (tertiary/aromatic N) is 4. The molecule has 0 bridgehead atoms. The third-order valence-electron chi connectivity index (χ3n) is 3.79. The maximum Gasteiger partial charge on any atom is 0.242 e. The molecule has 0 fully saturated rings. The summed E-state index contributed by atoms with van der Waals surface area (Å²) in [6.07, 6.45) is 0. The summed E-state index contributed by atoms with van der Waals surface area (Å²) in [6, 6.07) is 6.86. The van der Waals surface area contributed by atoms with E-state index in [0.717, 1.165) is 22.2 Å². The van der Waals surface area contributed by atoms with Crippen molar-refractivity contribution in [2.45, 2.75) is 24.9 Å². The first-order chi connectivity index (χ1) is 12.2. The zero-order valence-corrected chi connectivity index (χ0v) is 20.1. The number of aliphatic imine (C=N–C) groups is 1. The van der Waals surface area contributed by atoms with Crippen LogP contribution in [0.5, 0.6) is 0 Å². The van der Waals surface area contributed by atoms with Crippen LogP contribution in [0.4, 0.5) is 0 Å². The average Bonchev–Trinajstić information content (AvgIpc) is 3.00. The van der Waals surface area contributed by atoms with E-state index in [1.165, 1.54) is 18.4 Å². The Kier molecular flexibility index (Phi) is 9.12. The highest BCUT2D eigenvalue weighted by molar-refractivity contribution is 14.0. The molecule has 2 rings (SSSR count). The topological polar surface area (TPSA) is 77.9 Å². The second kappa shape index (κ2) is 10.3. The van der Waals surface area contributed by atoms with E-state index in [4.69, 9.17) is 0 Å². The van der Waals surface area contributed by atoms with Crippen LogP contribution in [0.3, 0.4) is 0 Å². The second-order valence-corrected chi connectivity index (χ2v) is 9.26. The molecule has 0 atom stereocenters. The Bertz CT molecular complexity index is 864. The Morgan fingerprint density at radius 3 is 2.33 bits per heavy atom. The van der Waals surface area contributed by atoms with Crippen LogP contribution >= 0.6 is 35.3 Å². The lowest BCUT2D eigenvalue weighted by atomic mass is 10.2. The lowest BCUT2D eigenvalue weighted by Gasteiger charge is -2.21. The number of sulfonamides is 1. The van der Waals surface area contributed by atoms with Crippen LogP contribution in [0.1, 0.15) is 16.3 Å². The summed E-state index contributed by atoms with van der Waals surface area (Å²) in [7, 11) is 3.33. The molecular weight excluding hydrogens is 497 g/mol. The molecular formula is C17H26IN5O2S2. The zero-order valence-electron chi connectivity index (χ0n) is 16.1. The van der Waals surface area contributed by atoms with Gasteiger partial charge in [-0.05, 0) is 24.6 Å². The molecule has 0 spiro atoms. The van der Waals surface area contributed by atoms with Gasteiger partial charge in [0.25, 0.3) is 0 Å². The van der Waals surface area contributed by atoms with E-state index in [-0.39, 0.29) is 28.9 Å². The van der Waals surface area contributed by atoms with Gasteiger partial charge >= 0.3 is 0 Å². The number of hydrogen-bond donors (Lipinski definition) is 1. The number of guanidine groups is 1. The maximum absolute atomic E-state index is 12.1. The lowest BCUT2D eigenvalue weighted by molar-refractivity contribution is 0.470. The number of benzene rings is 1. The van der Waals surface area contributed by atoms with Crippen molar-refractivity contribution in [3.63, 3.8) is 0 Å². The van der Waals surface area contributed by atoms with Crippen molar-refractivity contribution in [3.8, 4) is 0 Å². The molecule has 0 aliphatic rings. The molecule has 7 nitrogen and oxygen atoms in total. The summed E-state index contributed by atoms with van der Waals surface area (Å²) >= 11 is 1.63. The fraction of sp³-hybridized carbons (Fsp3) is 0.412. The first kappa shape index (κ1) is 23.8. The van der Waals surface area contributed by atoms with Gasteiger partial charge in [0.1, 0.15) is 0 Å². The summed E-state index contributed by atoms with van der Waals surface area (Å²) in [5.74, 6) is 0.751. The lowest BCUT2D eigenvalue weighted by Crippen LogP contribution is -2.38. The standard InChI is InChI=1S/C17H25N5O2S2.HI/c1-13-20-15(12-25-13)11-22(5)17(18-2)19-10-14-6-8-16(9-7-14)26(23,24)21(3)4;/h6-9,12H,10-11H2,1-5H3,(H,18,19);1H. The molecule has 2 aromatic rings. The zero-order chi connectivity index (χ0) is 19.3. The van der Waals surface area contributed by atoms with Crippen molar-refractivity contribution in [2.75, 3.05) is 28.2 Å². The summed E-state index contributed by atoms with van der Waals surface area (Å²) in [4.78, 5) is 11.0. The molecule has 1 aromatic heterocycles. The molecule has 0 radical (unpaired) electrons. The Balaban J connectivity index is 0.00000364. The second-order valence-electron chi connectivity index (χ2n) is 6.05. The maximum atomic E-state index is 12.1. The van der Waals surface area contributed by atoms with Gasteiger partial charge in [-0.15, -0.1) is 35.3 Å². The third-order valence-corrected chi connectivity index (χ3v) is 6.44. The van der Waals surface area contributed by atoms with Crippen LogP contribution < -0.4 is 5.32 Å². The van der Waals surface area contributed by atoms with Crippen LogP contribution in [-0.2, 0) is 23.1 Å². The average molecular weight is 523 g/mol. The molecule has 0 aliphatic heterocycles. The van der Waals surface area contributed by atoms with Gasteiger partial charge in [-0.3, -0.25) is 4.99 Å². The van der Waals surface area contributed by atoms with Gasteiger partial charge in [-0.25, -0.2) is 17.7 Å². The summed E-state index contributed by atoms with van der Waals surface area (Å²) in [6.45, 7) is 3.21. The van der Waals surface area contributed by atoms with Crippen molar-refractivity contribution in [1.82, 2.24) is 19.5 Å². The molecule has 150 valence electrons. The highest BCUT2D eigenvalue weighted by atomic mass is 127. The number of halogens is 1. The van der Waals surface area contributed by atoms with E-state index < -0.39 is 10.0 Å². The highest BCUT2D eigenvalue weighted by Crippen LogP contribution is 2.14. The summed E-state index contributed by atoms with van der Waals surface area (Å²) in [5.41, 5.74) is 1.98. The van der Waals surface area contributed by atoms with Crippen molar-refractivity contribution in [3.05, 3.63) is 45.9 Å². The van der Waals surface area contributed by atoms with Gasteiger partial charge in [0, 0.05) is 40.1 Å². The highest BCUT2D eigenvalue weighted by Gasteiger charge is 2.16. The normalized spacial score (nSPS) is 12.0. The van der Waals surface area contributed by atoms with Crippen molar-refractivity contribution >= 4 is 51.3 Å². The minimum atomic E-state index is -3.40. The molecule has 10 heteroatoms. The van der Waals surface area contributed by atoms with Crippen LogP contribution in [0, 0.1) is 6.92 Å². The number of thiazole rings is 1. The molecule has 0 unspecified atom stereocenters. The van der Waals surface area contributed by atoms with Gasteiger partial charge < -0.3 is 10.2 Å². The molecule has 0 aliphatic carbocycles. The molecule has 0 saturated heterocycles. The fourth-order valence-electron chi connectivity index (χ4n) is 2.35. The van der Waals surface area contributed by atoms with E-state index >= 15 is 0 Å². The van der Waals surface area contributed by atoms with E-state index in [1.54, 1.807) is 42.6 Å². The predicted octanol–water partition coefficient (Wildman–Crippen LogP) is 2.53.